The van der Waals surface area contributed by atoms with Gasteiger partial charge in [0.1, 0.15) is 23.8 Å². The minimum Gasteiger partial charge on any atom is -0.487 e. The normalized spacial score (nSPS) is 12.2. The Morgan fingerprint density at radius 3 is 2.68 bits per heavy atom. The summed E-state index contributed by atoms with van der Waals surface area (Å²) in [5, 5.41) is 10.4. The molecule has 0 unspecified atom stereocenters. The molecule has 0 bridgehead atoms. The third-order valence-electron chi connectivity index (χ3n) is 4.89. The van der Waals surface area contributed by atoms with E-state index in [9.17, 15) is 9.90 Å². The Morgan fingerprint density at radius 1 is 1.19 bits per heavy atom. The molecule has 0 saturated carbocycles. The summed E-state index contributed by atoms with van der Waals surface area (Å²) in [7, 11) is 0. The lowest BCUT2D eigenvalue weighted by Gasteiger charge is -2.12. The number of aliphatic carboxylic acids is 1. The Hall–Kier alpha value is -3.16. The zero-order valence-corrected chi connectivity index (χ0v) is 18.1. The van der Waals surface area contributed by atoms with Crippen molar-refractivity contribution in [1.29, 1.82) is 0 Å². The predicted octanol–water partition coefficient (Wildman–Crippen LogP) is 5.48. The first kappa shape index (κ1) is 21.1. The van der Waals surface area contributed by atoms with Gasteiger partial charge < -0.3 is 19.0 Å². The van der Waals surface area contributed by atoms with Gasteiger partial charge in [-0.1, -0.05) is 30.3 Å². The number of aromatic nitrogens is 1. The van der Waals surface area contributed by atoms with Crippen molar-refractivity contribution in [3.05, 3.63) is 71.6 Å². The molecule has 160 valence electrons. The molecule has 0 aliphatic rings. The lowest BCUT2D eigenvalue weighted by molar-refractivity contribution is -0.149. The molecule has 0 saturated heterocycles. The topological polar surface area (TPSA) is 81.8 Å². The number of hydrogen-bond acceptors (Lipinski definition) is 6. The van der Waals surface area contributed by atoms with E-state index in [0.717, 1.165) is 21.9 Å². The summed E-state index contributed by atoms with van der Waals surface area (Å²) in [5.74, 6) is 1.05. The van der Waals surface area contributed by atoms with Crippen LogP contribution in [0.2, 0.25) is 0 Å². The van der Waals surface area contributed by atoms with E-state index in [0.29, 0.717) is 24.7 Å². The van der Waals surface area contributed by atoms with Crippen LogP contribution < -0.4 is 4.74 Å². The smallest absolute Gasteiger partial charge is 0.333 e. The summed E-state index contributed by atoms with van der Waals surface area (Å²) in [6, 6.07) is 17.6. The first-order valence-corrected chi connectivity index (χ1v) is 10.9. The van der Waals surface area contributed by atoms with Gasteiger partial charge in [-0.2, -0.15) is 0 Å². The third kappa shape index (κ3) is 4.95. The van der Waals surface area contributed by atoms with Gasteiger partial charge in [0, 0.05) is 17.7 Å². The molecule has 0 amide bonds. The van der Waals surface area contributed by atoms with Crippen LogP contribution in [0.4, 0.5) is 0 Å². The Kier molecular flexibility index (Phi) is 6.34. The Labute approximate surface area is 184 Å². The molecule has 2 aromatic heterocycles. The predicted molar refractivity (Wildman–Crippen MR) is 120 cm³/mol. The van der Waals surface area contributed by atoms with E-state index < -0.39 is 12.1 Å². The molecule has 7 heteroatoms. The number of oxazole rings is 1. The minimum atomic E-state index is -0.960. The molecule has 0 aliphatic carbocycles. The summed E-state index contributed by atoms with van der Waals surface area (Å²) >= 11 is 1.65. The molecule has 4 aromatic rings. The monoisotopic (exact) mass is 437 g/mol. The zero-order chi connectivity index (χ0) is 21.8. The van der Waals surface area contributed by atoms with Crippen LogP contribution in [0, 0.1) is 6.92 Å². The minimum absolute atomic E-state index is 0.288. The summed E-state index contributed by atoms with van der Waals surface area (Å²) in [4.78, 5) is 16.9. The van der Waals surface area contributed by atoms with Crippen molar-refractivity contribution in [3.8, 4) is 16.5 Å². The maximum Gasteiger partial charge on any atom is 0.333 e. The summed E-state index contributed by atoms with van der Waals surface area (Å²) in [6.45, 7) is 4.31. The molecule has 2 heterocycles. The number of ether oxygens (including phenoxy) is 2. The zero-order valence-electron chi connectivity index (χ0n) is 17.3. The number of benzene rings is 2. The number of carbonyl (C=O) groups is 1. The van der Waals surface area contributed by atoms with Crippen LogP contribution in [0.3, 0.4) is 0 Å². The van der Waals surface area contributed by atoms with Crippen molar-refractivity contribution in [2.24, 2.45) is 0 Å². The molecule has 1 N–H and O–H groups in total. The van der Waals surface area contributed by atoms with Crippen molar-refractivity contribution in [1.82, 2.24) is 4.98 Å². The first-order chi connectivity index (χ1) is 15.0. The van der Waals surface area contributed by atoms with Crippen LogP contribution in [0.15, 0.2) is 59.0 Å². The van der Waals surface area contributed by atoms with Gasteiger partial charge in [0.15, 0.2) is 6.10 Å². The van der Waals surface area contributed by atoms with E-state index in [2.05, 4.69) is 23.2 Å². The average molecular weight is 438 g/mol. The van der Waals surface area contributed by atoms with Crippen molar-refractivity contribution in [2.75, 3.05) is 6.61 Å². The van der Waals surface area contributed by atoms with Gasteiger partial charge in [-0.15, -0.1) is 11.3 Å². The highest BCUT2D eigenvalue weighted by Gasteiger charge is 2.18. The van der Waals surface area contributed by atoms with Crippen molar-refractivity contribution < 1.29 is 23.8 Å². The van der Waals surface area contributed by atoms with Gasteiger partial charge >= 0.3 is 5.97 Å². The average Bonchev–Trinajstić information content (AvgIpc) is 3.36. The van der Waals surface area contributed by atoms with E-state index in [4.69, 9.17) is 13.9 Å². The quantitative estimate of drug-likeness (QED) is 0.374. The van der Waals surface area contributed by atoms with Crippen LogP contribution in [0.1, 0.15) is 23.9 Å². The number of thiophene rings is 1. The number of hydrogen-bond donors (Lipinski definition) is 1. The van der Waals surface area contributed by atoms with Gasteiger partial charge in [0.25, 0.3) is 0 Å². The molecular weight excluding hydrogens is 414 g/mol. The van der Waals surface area contributed by atoms with Crippen LogP contribution >= 0.6 is 11.3 Å². The second-order valence-corrected chi connectivity index (χ2v) is 8.17. The Balaban J connectivity index is 1.41. The molecular formula is C24H23NO5S. The number of carboxylic acids is 1. The summed E-state index contributed by atoms with van der Waals surface area (Å²) in [6.07, 6.45) is -0.536. The number of rotatable bonds is 9. The Bertz CT molecular complexity index is 1150. The highest BCUT2D eigenvalue weighted by molar-refractivity contribution is 7.22. The van der Waals surface area contributed by atoms with Gasteiger partial charge in [0.2, 0.25) is 5.89 Å². The molecule has 0 spiro atoms. The van der Waals surface area contributed by atoms with Crippen LogP contribution in [0.5, 0.6) is 5.75 Å². The second-order valence-electron chi connectivity index (χ2n) is 7.09. The third-order valence-corrected chi connectivity index (χ3v) is 6.00. The molecule has 31 heavy (non-hydrogen) atoms. The second kappa shape index (κ2) is 9.32. The fourth-order valence-corrected chi connectivity index (χ4v) is 4.25. The van der Waals surface area contributed by atoms with Gasteiger partial charge in [-0.05, 0) is 49.1 Å². The van der Waals surface area contributed by atoms with E-state index in [-0.39, 0.29) is 6.61 Å². The standard InChI is InChI=1S/C24H23NO5S/c1-3-28-20(24(26)27)12-16-8-10-18(11-9-16)29-14-19-15(2)30-23(25-19)22-13-17-6-4-5-7-21(17)31-22/h4-11,13,20H,3,12,14H2,1-2H3,(H,26,27)/t20-/m0/s1. The van der Waals surface area contributed by atoms with E-state index in [1.165, 1.54) is 10.1 Å². The van der Waals surface area contributed by atoms with E-state index >= 15 is 0 Å². The fourth-order valence-electron chi connectivity index (χ4n) is 3.26. The lowest BCUT2D eigenvalue weighted by atomic mass is 10.1. The molecule has 0 aliphatic heterocycles. The molecule has 6 nitrogen and oxygen atoms in total. The van der Waals surface area contributed by atoms with Crippen LogP contribution in [-0.2, 0) is 22.6 Å². The summed E-state index contributed by atoms with van der Waals surface area (Å²) < 4.78 is 18.2. The van der Waals surface area contributed by atoms with Crippen LogP contribution in [-0.4, -0.2) is 28.8 Å². The van der Waals surface area contributed by atoms with Crippen molar-refractivity contribution in [2.45, 2.75) is 33.0 Å². The largest absolute Gasteiger partial charge is 0.487 e. The number of fused-ring (bicyclic) bond motifs is 1. The van der Waals surface area contributed by atoms with Crippen molar-refractivity contribution >= 4 is 27.4 Å². The number of nitrogens with zero attached hydrogens (tertiary/aromatic N) is 1. The molecule has 1 atom stereocenters. The highest BCUT2D eigenvalue weighted by Crippen LogP contribution is 2.33. The fraction of sp³-hybridized carbons (Fsp3) is 0.250. The van der Waals surface area contributed by atoms with Crippen LogP contribution in [0.25, 0.3) is 20.9 Å². The molecule has 0 radical (unpaired) electrons. The SMILES string of the molecule is CCO[C@@H](Cc1ccc(OCc2nc(-c3cc4ccccc4s3)oc2C)cc1)C(=O)O. The van der Waals surface area contributed by atoms with Gasteiger partial charge in [-0.25, -0.2) is 9.78 Å². The maximum atomic E-state index is 11.2. The van der Waals surface area contributed by atoms with Gasteiger partial charge in [-0.3, -0.25) is 0 Å². The van der Waals surface area contributed by atoms with Gasteiger partial charge in [0.05, 0.1) is 4.88 Å². The van der Waals surface area contributed by atoms with E-state index in [1.54, 1.807) is 18.3 Å². The molecule has 2 aromatic carbocycles. The van der Waals surface area contributed by atoms with Crippen molar-refractivity contribution in [3.63, 3.8) is 0 Å². The molecule has 0 fully saturated rings. The highest BCUT2D eigenvalue weighted by atomic mass is 32.1. The Morgan fingerprint density at radius 2 is 1.97 bits per heavy atom. The first-order valence-electron chi connectivity index (χ1n) is 10.0. The maximum absolute atomic E-state index is 11.2. The number of carboxylic acid groups (broad SMARTS) is 1. The lowest BCUT2D eigenvalue weighted by Crippen LogP contribution is -2.26. The summed E-state index contributed by atoms with van der Waals surface area (Å²) in [5.41, 5.74) is 1.62. The number of aryl methyl sites for hydroxylation is 1. The van der Waals surface area contributed by atoms with E-state index in [1.807, 2.05) is 43.3 Å². The molecule has 4 rings (SSSR count).